The van der Waals surface area contributed by atoms with Crippen molar-refractivity contribution in [3.8, 4) is 5.75 Å². The van der Waals surface area contributed by atoms with Gasteiger partial charge in [-0.25, -0.2) is 0 Å². The Bertz CT molecular complexity index is 250. The summed E-state index contributed by atoms with van der Waals surface area (Å²) in [6.07, 6.45) is 0. The number of rotatable bonds is 3. The zero-order valence-electron chi connectivity index (χ0n) is 7.03. The molecule has 0 aliphatic heterocycles. The maximum atomic E-state index is 9.13. The molecule has 0 saturated heterocycles. The van der Waals surface area contributed by atoms with Crippen LogP contribution in [0.25, 0.3) is 0 Å². The fraction of sp³-hybridized carbons (Fsp3) is 0.333. The van der Waals surface area contributed by atoms with Gasteiger partial charge in [-0.3, -0.25) is 0 Å². The molecule has 1 rings (SSSR count). The van der Waals surface area contributed by atoms with Gasteiger partial charge in [0, 0.05) is 16.7 Å². The van der Waals surface area contributed by atoms with E-state index in [2.05, 4.69) is 0 Å². The van der Waals surface area contributed by atoms with Gasteiger partial charge in [0.25, 0.3) is 0 Å². The fourth-order valence-electron chi connectivity index (χ4n) is 0.801. The molecule has 0 saturated carbocycles. The standard InChI is InChI=1S/C9H13NOS/c1-7(10)6-12-9-4-2-3-8(11)5-9/h2-5,7,11H,6,10H2,1H3. The van der Waals surface area contributed by atoms with Crippen molar-refractivity contribution in [3.63, 3.8) is 0 Å². The smallest absolute Gasteiger partial charge is 0.116 e. The quantitative estimate of drug-likeness (QED) is 0.703. The van der Waals surface area contributed by atoms with Crippen LogP contribution in [0.2, 0.25) is 0 Å². The van der Waals surface area contributed by atoms with Gasteiger partial charge in [0.1, 0.15) is 5.75 Å². The number of thioether (sulfide) groups is 1. The summed E-state index contributed by atoms with van der Waals surface area (Å²) in [5.41, 5.74) is 5.59. The summed E-state index contributed by atoms with van der Waals surface area (Å²) in [5.74, 6) is 1.19. The molecule has 0 aliphatic carbocycles. The Kier molecular flexibility index (Phi) is 3.44. The Hall–Kier alpha value is -0.670. The molecule has 66 valence electrons. The Morgan fingerprint density at radius 1 is 1.58 bits per heavy atom. The largest absolute Gasteiger partial charge is 0.508 e. The molecule has 2 nitrogen and oxygen atoms in total. The van der Waals surface area contributed by atoms with E-state index in [4.69, 9.17) is 10.8 Å². The normalized spacial score (nSPS) is 12.8. The van der Waals surface area contributed by atoms with Gasteiger partial charge in [-0.2, -0.15) is 0 Å². The van der Waals surface area contributed by atoms with Crippen molar-refractivity contribution < 1.29 is 5.11 Å². The van der Waals surface area contributed by atoms with E-state index in [1.165, 1.54) is 0 Å². The Morgan fingerprint density at radius 2 is 2.33 bits per heavy atom. The molecule has 3 N–H and O–H groups in total. The monoisotopic (exact) mass is 183 g/mol. The number of phenols is 1. The molecule has 0 bridgehead atoms. The summed E-state index contributed by atoms with van der Waals surface area (Å²) in [6.45, 7) is 1.97. The van der Waals surface area contributed by atoms with Crippen molar-refractivity contribution in [2.45, 2.75) is 17.9 Å². The van der Waals surface area contributed by atoms with Gasteiger partial charge in [-0.15, -0.1) is 11.8 Å². The molecule has 0 aromatic heterocycles. The van der Waals surface area contributed by atoms with Crippen molar-refractivity contribution in [1.82, 2.24) is 0 Å². The number of benzene rings is 1. The van der Waals surface area contributed by atoms with E-state index < -0.39 is 0 Å². The highest BCUT2D eigenvalue weighted by molar-refractivity contribution is 7.99. The Morgan fingerprint density at radius 3 is 2.92 bits per heavy atom. The predicted octanol–water partition coefficient (Wildman–Crippen LogP) is 1.83. The number of aromatic hydroxyl groups is 1. The zero-order chi connectivity index (χ0) is 8.97. The first-order valence-corrected chi connectivity index (χ1v) is 4.84. The van der Waals surface area contributed by atoms with Gasteiger partial charge in [0.2, 0.25) is 0 Å². The molecular formula is C9H13NOS. The molecule has 0 radical (unpaired) electrons. The second-order valence-electron chi connectivity index (χ2n) is 2.79. The molecule has 0 fully saturated rings. The van der Waals surface area contributed by atoms with Crippen molar-refractivity contribution >= 4 is 11.8 Å². The van der Waals surface area contributed by atoms with Crippen molar-refractivity contribution in [2.24, 2.45) is 5.73 Å². The predicted molar refractivity (Wildman–Crippen MR) is 52.5 cm³/mol. The number of hydrogen-bond acceptors (Lipinski definition) is 3. The number of hydrogen-bond donors (Lipinski definition) is 2. The van der Waals surface area contributed by atoms with Gasteiger partial charge in [-0.05, 0) is 25.1 Å². The van der Waals surface area contributed by atoms with Crippen LogP contribution in [-0.2, 0) is 0 Å². The van der Waals surface area contributed by atoms with Gasteiger partial charge >= 0.3 is 0 Å². The van der Waals surface area contributed by atoms with Crippen LogP contribution < -0.4 is 5.73 Å². The van der Waals surface area contributed by atoms with Crippen LogP contribution in [0.5, 0.6) is 5.75 Å². The van der Waals surface area contributed by atoms with Crippen molar-refractivity contribution in [3.05, 3.63) is 24.3 Å². The fourth-order valence-corrected chi connectivity index (χ4v) is 1.64. The molecule has 0 amide bonds. The summed E-state index contributed by atoms with van der Waals surface area (Å²) in [4.78, 5) is 1.06. The van der Waals surface area contributed by atoms with Crippen molar-refractivity contribution in [2.75, 3.05) is 5.75 Å². The highest BCUT2D eigenvalue weighted by Crippen LogP contribution is 2.22. The number of nitrogens with two attached hydrogens (primary N) is 1. The third-order valence-corrected chi connectivity index (χ3v) is 2.61. The first-order valence-electron chi connectivity index (χ1n) is 3.86. The van der Waals surface area contributed by atoms with Crippen LogP contribution in [0.3, 0.4) is 0 Å². The van der Waals surface area contributed by atoms with Crippen LogP contribution in [0.4, 0.5) is 0 Å². The topological polar surface area (TPSA) is 46.2 Å². The average Bonchev–Trinajstić information content (AvgIpc) is 2.01. The minimum absolute atomic E-state index is 0.192. The first kappa shape index (κ1) is 9.42. The second-order valence-corrected chi connectivity index (χ2v) is 3.88. The summed E-state index contributed by atoms with van der Waals surface area (Å²) in [6, 6.07) is 7.39. The maximum absolute atomic E-state index is 9.13. The third kappa shape index (κ3) is 3.15. The zero-order valence-corrected chi connectivity index (χ0v) is 7.84. The first-order chi connectivity index (χ1) is 5.68. The lowest BCUT2D eigenvalue weighted by Crippen LogP contribution is -2.17. The van der Waals surface area contributed by atoms with Gasteiger partial charge in [-0.1, -0.05) is 6.07 Å². The van der Waals surface area contributed by atoms with E-state index >= 15 is 0 Å². The Balaban J connectivity index is 2.52. The molecule has 0 spiro atoms. The summed E-state index contributed by atoms with van der Waals surface area (Å²) in [5, 5.41) is 9.13. The minimum Gasteiger partial charge on any atom is -0.508 e. The van der Waals surface area contributed by atoms with Crippen LogP contribution in [-0.4, -0.2) is 16.9 Å². The summed E-state index contributed by atoms with van der Waals surface area (Å²) < 4.78 is 0. The molecule has 1 unspecified atom stereocenters. The van der Waals surface area contributed by atoms with Crippen LogP contribution in [0.1, 0.15) is 6.92 Å². The molecule has 0 aliphatic rings. The lowest BCUT2D eigenvalue weighted by molar-refractivity contribution is 0.474. The van der Waals surface area contributed by atoms with Gasteiger partial charge in [0.05, 0.1) is 0 Å². The van der Waals surface area contributed by atoms with E-state index in [1.54, 1.807) is 23.9 Å². The molecule has 3 heteroatoms. The third-order valence-electron chi connectivity index (χ3n) is 1.33. The maximum Gasteiger partial charge on any atom is 0.116 e. The van der Waals surface area contributed by atoms with Crippen LogP contribution in [0, 0.1) is 0 Å². The Labute approximate surface area is 76.8 Å². The van der Waals surface area contributed by atoms with E-state index in [0.717, 1.165) is 10.6 Å². The van der Waals surface area contributed by atoms with Crippen LogP contribution in [0.15, 0.2) is 29.2 Å². The number of phenolic OH excluding ortho intramolecular Hbond substituents is 1. The minimum atomic E-state index is 0.192. The summed E-state index contributed by atoms with van der Waals surface area (Å²) >= 11 is 1.66. The van der Waals surface area contributed by atoms with E-state index in [-0.39, 0.29) is 6.04 Å². The lowest BCUT2D eigenvalue weighted by atomic mass is 10.3. The highest BCUT2D eigenvalue weighted by Gasteiger charge is 1.97. The van der Waals surface area contributed by atoms with Crippen molar-refractivity contribution in [1.29, 1.82) is 0 Å². The van der Waals surface area contributed by atoms with Gasteiger partial charge < -0.3 is 10.8 Å². The highest BCUT2D eigenvalue weighted by atomic mass is 32.2. The molecule has 1 aromatic carbocycles. The summed E-state index contributed by atoms with van der Waals surface area (Å²) in [7, 11) is 0. The SMILES string of the molecule is CC(N)CSc1cccc(O)c1. The molecule has 0 heterocycles. The second kappa shape index (κ2) is 4.38. The molecule has 1 atom stereocenters. The van der Waals surface area contributed by atoms with E-state index in [9.17, 15) is 0 Å². The van der Waals surface area contributed by atoms with E-state index in [0.29, 0.717) is 5.75 Å². The average molecular weight is 183 g/mol. The lowest BCUT2D eigenvalue weighted by Gasteiger charge is -2.04. The molecular weight excluding hydrogens is 170 g/mol. The molecule has 1 aromatic rings. The van der Waals surface area contributed by atoms with Crippen LogP contribution >= 0.6 is 11.8 Å². The van der Waals surface area contributed by atoms with Gasteiger partial charge in [0.15, 0.2) is 0 Å². The van der Waals surface area contributed by atoms with E-state index in [1.807, 2.05) is 19.1 Å². The molecule has 12 heavy (non-hydrogen) atoms.